The first-order valence-electron chi connectivity index (χ1n) is 7.80. The zero-order chi connectivity index (χ0) is 17.5. The Morgan fingerprint density at radius 2 is 1.92 bits per heavy atom. The molecular formula is C19H20N3O2. The van der Waals surface area contributed by atoms with E-state index < -0.39 is 17.4 Å². The molecule has 1 heterocycles. The third kappa shape index (κ3) is 2.42. The van der Waals surface area contributed by atoms with Crippen LogP contribution in [0.1, 0.15) is 31.4 Å². The maximum absolute atomic E-state index is 12.2. The SMILES string of the molecule is CC(=O)N1c2cc[c]cc2C(C)(c2ccc(N)cc2)CC1C(N)=O. The van der Waals surface area contributed by atoms with Crippen molar-refractivity contribution in [1.82, 2.24) is 0 Å². The lowest BCUT2D eigenvalue weighted by atomic mass is 9.68. The van der Waals surface area contributed by atoms with Crippen LogP contribution in [0.25, 0.3) is 0 Å². The predicted octanol–water partition coefficient (Wildman–Crippen LogP) is 1.99. The van der Waals surface area contributed by atoms with Crippen molar-refractivity contribution in [1.29, 1.82) is 0 Å². The molecule has 0 bridgehead atoms. The highest BCUT2D eigenvalue weighted by atomic mass is 16.2. The van der Waals surface area contributed by atoms with E-state index in [0.717, 1.165) is 11.1 Å². The van der Waals surface area contributed by atoms with Gasteiger partial charge in [-0.2, -0.15) is 0 Å². The lowest BCUT2D eigenvalue weighted by Gasteiger charge is -2.45. The first-order valence-corrected chi connectivity index (χ1v) is 7.80. The molecule has 0 saturated carbocycles. The Balaban J connectivity index is 2.24. The molecule has 3 rings (SSSR count). The van der Waals surface area contributed by atoms with Crippen LogP contribution in [0.15, 0.2) is 42.5 Å². The highest BCUT2D eigenvalue weighted by molar-refractivity contribution is 6.01. The Morgan fingerprint density at radius 3 is 2.50 bits per heavy atom. The fourth-order valence-corrected chi connectivity index (χ4v) is 3.57. The Kier molecular flexibility index (Phi) is 3.79. The molecule has 2 aromatic rings. The van der Waals surface area contributed by atoms with Crippen molar-refractivity contribution in [2.24, 2.45) is 5.73 Å². The quantitative estimate of drug-likeness (QED) is 0.829. The van der Waals surface area contributed by atoms with Crippen LogP contribution in [0, 0.1) is 6.07 Å². The molecule has 0 spiro atoms. The van der Waals surface area contributed by atoms with E-state index in [4.69, 9.17) is 11.5 Å². The Hall–Kier alpha value is -2.82. The number of primary amides is 1. The number of fused-ring (bicyclic) bond motifs is 1. The van der Waals surface area contributed by atoms with Gasteiger partial charge in [0.25, 0.3) is 0 Å². The normalized spacial score (nSPS) is 22.8. The predicted molar refractivity (Wildman–Crippen MR) is 93.3 cm³/mol. The summed E-state index contributed by atoms with van der Waals surface area (Å²) < 4.78 is 0. The van der Waals surface area contributed by atoms with E-state index in [0.29, 0.717) is 17.8 Å². The van der Waals surface area contributed by atoms with Crippen molar-refractivity contribution >= 4 is 23.2 Å². The second-order valence-electron chi connectivity index (χ2n) is 6.41. The average molecular weight is 322 g/mol. The molecule has 5 heteroatoms. The van der Waals surface area contributed by atoms with Gasteiger partial charge in [-0.1, -0.05) is 25.1 Å². The summed E-state index contributed by atoms with van der Waals surface area (Å²) in [6, 6.07) is 15.4. The molecule has 2 atom stereocenters. The number of benzene rings is 2. The maximum Gasteiger partial charge on any atom is 0.240 e. The molecule has 2 amide bonds. The topological polar surface area (TPSA) is 89.4 Å². The van der Waals surface area contributed by atoms with Crippen LogP contribution >= 0.6 is 0 Å². The Bertz CT molecular complexity index is 801. The van der Waals surface area contributed by atoms with Gasteiger partial charge < -0.3 is 11.5 Å². The number of hydrogen-bond acceptors (Lipinski definition) is 3. The van der Waals surface area contributed by atoms with E-state index in [-0.39, 0.29) is 5.91 Å². The molecule has 0 fully saturated rings. The second-order valence-corrected chi connectivity index (χ2v) is 6.41. The summed E-state index contributed by atoms with van der Waals surface area (Å²) in [4.78, 5) is 25.7. The van der Waals surface area contributed by atoms with Crippen molar-refractivity contribution in [3.8, 4) is 0 Å². The number of nitrogens with two attached hydrogens (primary N) is 2. The molecule has 1 radical (unpaired) electrons. The molecule has 0 aliphatic carbocycles. The molecule has 0 aromatic heterocycles. The summed E-state index contributed by atoms with van der Waals surface area (Å²) in [6.07, 6.45) is 0.413. The van der Waals surface area contributed by atoms with Crippen LogP contribution in [0.5, 0.6) is 0 Å². The van der Waals surface area contributed by atoms with Crippen LogP contribution < -0.4 is 16.4 Å². The molecule has 1 aliphatic rings. The maximum atomic E-state index is 12.2. The van der Waals surface area contributed by atoms with Gasteiger partial charge in [-0.25, -0.2) is 0 Å². The van der Waals surface area contributed by atoms with Crippen molar-refractivity contribution in [3.05, 3.63) is 59.7 Å². The van der Waals surface area contributed by atoms with Gasteiger partial charge in [0.05, 0.1) is 0 Å². The van der Waals surface area contributed by atoms with Crippen LogP contribution in [-0.4, -0.2) is 17.9 Å². The summed E-state index contributed by atoms with van der Waals surface area (Å²) in [6.45, 7) is 3.50. The molecule has 2 unspecified atom stereocenters. The summed E-state index contributed by atoms with van der Waals surface area (Å²) in [5, 5.41) is 0. The average Bonchev–Trinajstić information content (AvgIpc) is 2.54. The number of rotatable bonds is 2. The number of nitrogens with zero attached hydrogens (tertiary/aromatic N) is 1. The van der Waals surface area contributed by atoms with Crippen molar-refractivity contribution in [2.75, 3.05) is 10.6 Å². The van der Waals surface area contributed by atoms with E-state index in [1.807, 2.05) is 30.3 Å². The summed E-state index contributed by atoms with van der Waals surface area (Å²) >= 11 is 0. The van der Waals surface area contributed by atoms with Crippen LogP contribution in [0.3, 0.4) is 0 Å². The summed E-state index contributed by atoms with van der Waals surface area (Å²) in [5.41, 5.74) is 14.3. The minimum Gasteiger partial charge on any atom is -0.399 e. The number of amides is 2. The minimum absolute atomic E-state index is 0.203. The van der Waals surface area contributed by atoms with E-state index >= 15 is 0 Å². The molecule has 2 aromatic carbocycles. The first-order chi connectivity index (χ1) is 11.3. The van der Waals surface area contributed by atoms with Gasteiger partial charge in [-0.05, 0) is 47.9 Å². The highest BCUT2D eigenvalue weighted by Crippen LogP contribution is 2.46. The third-order valence-electron chi connectivity index (χ3n) is 4.82. The van der Waals surface area contributed by atoms with Gasteiger partial charge in [0.15, 0.2) is 0 Å². The zero-order valence-corrected chi connectivity index (χ0v) is 13.7. The lowest BCUT2D eigenvalue weighted by molar-refractivity contribution is -0.124. The van der Waals surface area contributed by atoms with Gasteiger partial charge in [-0.3, -0.25) is 14.5 Å². The van der Waals surface area contributed by atoms with Gasteiger partial charge >= 0.3 is 0 Å². The van der Waals surface area contributed by atoms with Gasteiger partial charge in [-0.15, -0.1) is 0 Å². The molecule has 123 valence electrons. The Morgan fingerprint density at radius 1 is 1.25 bits per heavy atom. The molecule has 0 saturated heterocycles. The van der Waals surface area contributed by atoms with Gasteiger partial charge in [0, 0.05) is 23.7 Å². The van der Waals surface area contributed by atoms with Crippen molar-refractivity contribution < 1.29 is 9.59 Å². The summed E-state index contributed by atoms with van der Waals surface area (Å²) in [5.74, 6) is -0.712. The van der Waals surface area contributed by atoms with E-state index in [2.05, 4.69) is 13.0 Å². The second kappa shape index (κ2) is 5.67. The Labute approximate surface area is 141 Å². The molecular weight excluding hydrogens is 302 g/mol. The van der Waals surface area contributed by atoms with Gasteiger partial charge in [0.2, 0.25) is 11.8 Å². The van der Waals surface area contributed by atoms with E-state index in [1.165, 1.54) is 11.8 Å². The minimum atomic E-state index is -0.694. The van der Waals surface area contributed by atoms with E-state index in [9.17, 15) is 9.59 Å². The number of anilines is 2. The molecule has 1 aliphatic heterocycles. The zero-order valence-electron chi connectivity index (χ0n) is 13.7. The lowest BCUT2D eigenvalue weighted by Crippen LogP contribution is -2.54. The molecule has 5 nitrogen and oxygen atoms in total. The standard InChI is InChI=1S/C19H20N3O2/c1-12(23)22-16-6-4-3-5-15(16)19(2,11-17(22)18(21)24)13-7-9-14(20)10-8-13/h4-10,17H,11,20H2,1-2H3,(H2,21,24). The van der Waals surface area contributed by atoms with E-state index in [1.54, 1.807) is 12.1 Å². The summed E-state index contributed by atoms with van der Waals surface area (Å²) in [7, 11) is 0. The fraction of sp³-hybridized carbons (Fsp3) is 0.263. The monoisotopic (exact) mass is 322 g/mol. The number of nitrogen functional groups attached to an aromatic ring is 1. The largest absolute Gasteiger partial charge is 0.399 e. The molecule has 24 heavy (non-hydrogen) atoms. The van der Waals surface area contributed by atoms with Crippen LogP contribution in [0.4, 0.5) is 11.4 Å². The van der Waals surface area contributed by atoms with Crippen LogP contribution in [-0.2, 0) is 15.0 Å². The third-order valence-corrected chi connectivity index (χ3v) is 4.82. The number of carbonyl (C=O) groups is 2. The van der Waals surface area contributed by atoms with Crippen molar-refractivity contribution in [3.63, 3.8) is 0 Å². The first kappa shape index (κ1) is 16.1. The number of carbonyl (C=O) groups excluding carboxylic acids is 2. The smallest absolute Gasteiger partial charge is 0.240 e. The van der Waals surface area contributed by atoms with Crippen molar-refractivity contribution in [2.45, 2.75) is 31.7 Å². The number of hydrogen-bond donors (Lipinski definition) is 2. The highest BCUT2D eigenvalue weighted by Gasteiger charge is 2.44. The van der Waals surface area contributed by atoms with Gasteiger partial charge in [0.1, 0.15) is 6.04 Å². The molecule has 4 N–H and O–H groups in total. The fourth-order valence-electron chi connectivity index (χ4n) is 3.57. The van der Waals surface area contributed by atoms with Crippen LogP contribution in [0.2, 0.25) is 0 Å².